The van der Waals surface area contributed by atoms with Crippen molar-refractivity contribution in [1.29, 1.82) is 0 Å². The molecular weight excluding hydrogens is 358 g/mol. The van der Waals surface area contributed by atoms with E-state index in [1.807, 2.05) is 6.92 Å². The first kappa shape index (κ1) is 19.6. The number of halogens is 1. The van der Waals surface area contributed by atoms with Gasteiger partial charge in [0.1, 0.15) is 12.0 Å². The largest absolute Gasteiger partial charge is 0.494 e. The van der Waals surface area contributed by atoms with E-state index in [1.54, 1.807) is 31.2 Å². The van der Waals surface area contributed by atoms with Gasteiger partial charge in [-0.3, -0.25) is 9.59 Å². The van der Waals surface area contributed by atoms with E-state index in [-0.39, 0.29) is 23.3 Å². The fourth-order valence-electron chi connectivity index (χ4n) is 2.19. The Morgan fingerprint density at radius 3 is 2.38 bits per heavy atom. The Balaban J connectivity index is 2.01. The Bertz CT molecular complexity index is 761. The second-order valence-electron chi connectivity index (χ2n) is 5.18. The van der Waals surface area contributed by atoms with Gasteiger partial charge in [0.05, 0.1) is 18.2 Å². The van der Waals surface area contributed by atoms with Crippen LogP contribution in [0, 0.1) is 0 Å². The number of carbonyl (C=O) groups excluding carboxylic acids is 2. The molecule has 1 amide bonds. The molecular formula is C19H20ClNO5. The van der Waals surface area contributed by atoms with Gasteiger partial charge >= 0.3 is 0 Å². The molecule has 1 N–H and O–H groups in total. The average molecular weight is 378 g/mol. The van der Waals surface area contributed by atoms with Gasteiger partial charge in [-0.25, -0.2) is 0 Å². The van der Waals surface area contributed by atoms with Gasteiger partial charge in [0, 0.05) is 11.3 Å². The van der Waals surface area contributed by atoms with E-state index < -0.39 is 0 Å². The zero-order valence-corrected chi connectivity index (χ0v) is 15.3. The minimum absolute atomic E-state index is 0.201. The number of carbonyl (C=O) groups is 2. The molecule has 2 aromatic rings. The highest BCUT2D eigenvalue weighted by Crippen LogP contribution is 2.36. The monoisotopic (exact) mass is 377 g/mol. The number of amides is 1. The van der Waals surface area contributed by atoms with Crippen LogP contribution in [0.3, 0.4) is 0 Å². The molecule has 0 bridgehead atoms. The zero-order valence-electron chi connectivity index (χ0n) is 14.6. The summed E-state index contributed by atoms with van der Waals surface area (Å²) in [7, 11) is 0. The van der Waals surface area contributed by atoms with E-state index in [4.69, 9.17) is 25.8 Å². The fraction of sp³-hybridized carbons (Fsp3) is 0.263. The van der Waals surface area contributed by atoms with E-state index in [1.165, 1.54) is 12.1 Å². The first-order valence-electron chi connectivity index (χ1n) is 8.14. The molecule has 7 heteroatoms. The van der Waals surface area contributed by atoms with E-state index in [0.717, 1.165) is 5.75 Å². The topological polar surface area (TPSA) is 73.9 Å². The van der Waals surface area contributed by atoms with Crippen molar-refractivity contribution in [2.75, 3.05) is 25.1 Å². The lowest BCUT2D eigenvalue weighted by atomic mass is 10.2. The molecule has 0 atom stereocenters. The standard InChI is InChI=1S/C19H20ClNO5/c1-3-24-15-7-5-14(6-8-15)21-18(23)12-26-19-16(20)9-13(11-22)10-17(19)25-4-2/h5-11H,3-4,12H2,1-2H3,(H,21,23). The molecule has 2 rings (SSSR count). The average Bonchev–Trinajstić information content (AvgIpc) is 2.63. The van der Waals surface area contributed by atoms with Crippen LogP contribution in [-0.4, -0.2) is 32.0 Å². The number of nitrogens with one attached hydrogen (secondary N) is 1. The number of hydrogen-bond acceptors (Lipinski definition) is 5. The summed E-state index contributed by atoms with van der Waals surface area (Å²) >= 11 is 6.13. The number of benzene rings is 2. The predicted octanol–water partition coefficient (Wildman–Crippen LogP) is 3.97. The molecule has 6 nitrogen and oxygen atoms in total. The number of anilines is 1. The lowest BCUT2D eigenvalue weighted by molar-refractivity contribution is -0.118. The van der Waals surface area contributed by atoms with Crippen molar-refractivity contribution in [1.82, 2.24) is 0 Å². The van der Waals surface area contributed by atoms with Gasteiger partial charge in [-0.1, -0.05) is 11.6 Å². The Kier molecular flexibility index (Phi) is 7.29. The summed E-state index contributed by atoms with van der Waals surface area (Å²) in [6.07, 6.45) is 0.663. The summed E-state index contributed by atoms with van der Waals surface area (Å²) in [6, 6.07) is 9.98. The summed E-state index contributed by atoms with van der Waals surface area (Å²) < 4.78 is 16.3. The fourth-order valence-corrected chi connectivity index (χ4v) is 2.47. The second-order valence-corrected chi connectivity index (χ2v) is 5.58. The van der Waals surface area contributed by atoms with Crippen LogP contribution in [0.15, 0.2) is 36.4 Å². The van der Waals surface area contributed by atoms with Crippen molar-refractivity contribution >= 4 is 29.5 Å². The normalized spacial score (nSPS) is 10.1. The van der Waals surface area contributed by atoms with Crippen LogP contribution in [0.25, 0.3) is 0 Å². The molecule has 0 aliphatic carbocycles. The van der Waals surface area contributed by atoms with Crippen LogP contribution in [0.5, 0.6) is 17.2 Å². The van der Waals surface area contributed by atoms with Crippen LogP contribution < -0.4 is 19.5 Å². The Hall–Kier alpha value is -2.73. The van der Waals surface area contributed by atoms with Gasteiger partial charge < -0.3 is 19.5 Å². The first-order chi connectivity index (χ1) is 12.6. The number of aldehydes is 1. The van der Waals surface area contributed by atoms with Crippen molar-refractivity contribution < 1.29 is 23.8 Å². The molecule has 0 radical (unpaired) electrons. The van der Waals surface area contributed by atoms with Gasteiger partial charge in [-0.15, -0.1) is 0 Å². The van der Waals surface area contributed by atoms with E-state index >= 15 is 0 Å². The number of hydrogen-bond donors (Lipinski definition) is 1. The van der Waals surface area contributed by atoms with E-state index in [0.29, 0.717) is 36.5 Å². The highest BCUT2D eigenvalue weighted by atomic mass is 35.5. The lowest BCUT2D eigenvalue weighted by Crippen LogP contribution is -2.20. The quantitative estimate of drug-likeness (QED) is 0.669. The number of ether oxygens (including phenoxy) is 3. The van der Waals surface area contributed by atoms with Crippen LogP contribution >= 0.6 is 11.6 Å². The van der Waals surface area contributed by atoms with Crippen molar-refractivity contribution in [3.05, 3.63) is 47.0 Å². The third-order valence-electron chi connectivity index (χ3n) is 3.26. The maximum Gasteiger partial charge on any atom is 0.262 e. The predicted molar refractivity (Wildman–Crippen MR) is 99.7 cm³/mol. The molecule has 0 unspecified atom stereocenters. The second kappa shape index (κ2) is 9.68. The highest BCUT2D eigenvalue weighted by molar-refractivity contribution is 6.32. The molecule has 26 heavy (non-hydrogen) atoms. The summed E-state index contributed by atoms with van der Waals surface area (Å²) in [6.45, 7) is 4.38. The zero-order chi connectivity index (χ0) is 18.9. The van der Waals surface area contributed by atoms with E-state index in [2.05, 4.69) is 5.32 Å². The Morgan fingerprint density at radius 1 is 1.08 bits per heavy atom. The van der Waals surface area contributed by atoms with E-state index in [9.17, 15) is 9.59 Å². The van der Waals surface area contributed by atoms with Gasteiger partial charge in [0.25, 0.3) is 5.91 Å². The van der Waals surface area contributed by atoms with Crippen LogP contribution in [0.1, 0.15) is 24.2 Å². The van der Waals surface area contributed by atoms with Crippen molar-refractivity contribution in [3.63, 3.8) is 0 Å². The molecule has 0 saturated heterocycles. The maximum absolute atomic E-state index is 12.1. The minimum atomic E-state index is -0.355. The SMILES string of the molecule is CCOc1ccc(NC(=O)COc2c(Cl)cc(C=O)cc2OCC)cc1. The van der Waals surface area contributed by atoms with Gasteiger partial charge in [0.2, 0.25) is 0 Å². The van der Waals surface area contributed by atoms with Crippen molar-refractivity contribution in [3.8, 4) is 17.2 Å². The van der Waals surface area contributed by atoms with Crippen molar-refractivity contribution in [2.24, 2.45) is 0 Å². The molecule has 2 aromatic carbocycles. The molecule has 0 aliphatic rings. The summed E-state index contributed by atoms with van der Waals surface area (Å²) in [5, 5.41) is 2.92. The summed E-state index contributed by atoms with van der Waals surface area (Å²) in [4.78, 5) is 23.0. The Labute approximate surface area is 157 Å². The molecule has 0 spiro atoms. The molecule has 0 aliphatic heterocycles. The van der Waals surface area contributed by atoms with Gasteiger partial charge in [-0.05, 0) is 50.2 Å². The van der Waals surface area contributed by atoms with Gasteiger partial charge in [-0.2, -0.15) is 0 Å². The third-order valence-corrected chi connectivity index (χ3v) is 3.55. The smallest absolute Gasteiger partial charge is 0.262 e. The molecule has 0 saturated carbocycles. The molecule has 138 valence electrons. The summed E-state index contributed by atoms with van der Waals surface area (Å²) in [5.74, 6) is 0.911. The number of rotatable bonds is 9. The highest BCUT2D eigenvalue weighted by Gasteiger charge is 2.14. The molecule has 0 fully saturated rings. The van der Waals surface area contributed by atoms with Crippen LogP contribution in [0.2, 0.25) is 5.02 Å². The van der Waals surface area contributed by atoms with Crippen molar-refractivity contribution in [2.45, 2.75) is 13.8 Å². The van der Waals surface area contributed by atoms with Crippen LogP contribution in [0.4, 0.5) is 5.69 Å². The minimum Gasteiger partial charge on any atom is -0.494 e. The molecule has 0 aromatic heterocycles. The first-order valence-corrected chi connectivity index (χ1v) is 8.52. The lowest BCUT2D eigenvalue weighted by Gasteiger charge is -2.14. The van der Waals surface area contributed by atoms with Gasteiger partial charge in [0.15, 0.2) is 18.1 Å². The third kappa shape index (κ3) is 5.39. The maximum atomic E-state index is 12.1. The summed E-state index contributed by atoms with van der Waals surface area (Å²) in [5.41, 5.74) is 0.985. The Morgan fingerprint density at radius 2 is 1.77 bits per heavy atom. The van der Waals surface area contributed by atoms with Crippen LogP contribution in [-0.2, 0) is 4.79 Å². The molecule has 0 heterocycles.